The number of carbonyl (C=O) groups is 1. The largest absolute Gasteiger partial charge is 0.408 e. The van der Waals surface area contributed by atoms with Crippen molar-refractivity contribution in [1.29, 1.82) is 0 Å². The average molecular weight is 321 g/mol. The fourth-order valence-electron chi connectivity index (χ4n) is 2.17. The molecular formula is C12H18F3N5O2. The lowest BCUT2D eigenvalue weighted by molar-refractivity contribution is -0.142. The molecule has 0 aromatic carbocycles. The van der Waals surface area contributed by atoms with E-state index in [0.717, 1.165) is 19.3 Å². The SMILES string of the molecule is Nc1cnn(CC(F)(F)F)c1C(=O)NCCN1CCOCC1. The Morgan fingerprint density at radius 1 is 1.41 bits per heavy atom. The van der Waals surface area contributed by atoms with Crippen LogP contribution in [0.3, 0.4) is 0 Å². The van der Waals surface area contributed by atoms with Crippen LogP contribution in [0.5, 0.6) is 0 Å². The summed E-state index contributed by atoms with van der Waals surface area (Å²) in [5, 5.41) is 6.07. The third-order valence-electron chi connectivity index (χ3n) is 3.23. The second-order valence-electron chi connectivity index (χ2n) is 4.93. The van der Waals surface area contributed by atoms with E-state index in [1.807, 2.05) is 0 Å². The minimum atomic E-state index is -4.47. The molecule has 0 unspecified atom stereocenters. The molecule has 1 saturated heterocycles. The Kier molecular flexibility index (Phi) is 5.24. The fraction of sp³-hybridized carbons (Fsp3) is 0.667. The lowest BCUT2D eigenvalue weighted by Crippen LogP contribution is -2.41. The highest BCUT2D eigenvalue weighted by Crippen LogP contribution is 2.20. The van der Waals surface area contributed by atoms with Crippen LogP contribution in [-0.2, 0) is 11.3 Å². The van der Waals surface area contributed by atoms with Gasteiger partial charge in [-0.05, 0) is 0 Å². The first-order chi connectivity index (χ1) is 10.4. The normalized spacial score (nSPS) is 16.7. The molecule has 0 saturated carbocycles. The smallest absolute Gasteiger partial charge is 0.396 e. The summed E-state index contributed by atoms with van der Waals surface area (Å²) in [5.74, 6) is -0.660. The van der Waals surface area contributed by atoms with Crippen molar-refractivity contribution in [3.63, 3.8) is 0 Å². The molecule has 124 valence electrons. The molecule has 0 spiro atoms. The molecule has 10 heteroatoms. The molecule has 0 atom stereocenters. The van der Waals surface area contributed by atoms with Gasteiger partial charge in [0.1, 0.15) is 12.2 Å². The first-order valence-electron chi connectivity index (χ1n) is 6.83. The summed E-state index contributed by atoms with van der Waals surface area (Å²) < 4.78 is 43.1. The van der Waals surface area contributed by atoms with Crippen molar-refractivity contribution in [3.8, 4) is 0 Å². The minimum absolute atomic E-state index is 0.0758. The molecule has 0 radical (unpaired) electrons. The molecule has 22 heavy (non-hydrogen) atoms. The predicted octanol–water partition coefficient (Wildman–Crippen LogP) is 0.0896. The molecule has 1 aromatic rings. The molecule has 1 aliphatic heterocycles. The van der Waals surface area contributed by atoms with E-state index in [2.05, 4.69) is 15.3 Å². The van der Waals surface area contributed by atoms with Gasteiger partial charge in [0.15, 0.2) is 0 Å². The molecule has 2 rings (SSSR count). The minimum Gasteiger partial charge on any atom is -0.396 e. The molecule has 0 bridgehead atoms. The number of nitrogens with one attached hydrogen (secondary N) is 1. The van der Waals surface area contributed by atoms with E-state index in [9.17, 15) is 18.0 Å². The standard InChI is InChI=1S/C12H18F3N5O2/c13-12(14,15)8-20-10(9(16)7-18-20)11(21)17-1-2-19-3-5-22-6-4-19/h7H,1-6,8,16H2,(H,17,21). The van der Waals surface area contributed by atoms with Crippen molar-refractivity contribution < 1.29 is 22.7 Å². The number of carbonyl (C=O) groups excluding carboxylic acids is 1. The number of hydrogen-bond donors (Lipinski definition) is 2. The Balaban J connectivity index is 1.90. The highest BCUT2D eigenvalue weighted by molar-refractivity contribution is 5.97. The van der Waals surface area contributed by atoms with Crippen molar-refractivity contribution in [3.05, 3.63) is 11.9 Å². The summed E-state index contributed by atoms with van der Waals surface area (Å²) >= 11 is 0. The van der Waals surface area contributed by atoms with E-state index in [1.165, 1.54) is 0 Å². The summed E-state index contributed by atoms with van der Waals surface area (Å²) in [6, 6.07) is 0. The van der Waals surface area contributed by atoms with E-state index in [1.54, 1.807) is 0 Å². The van der Waals surface area contributed by atoms with Crippen LogP contribution in [0.1, 0.15) is 10.5 Å². The van der Waals surface area contributed by atoms with Crippen molar-refractivity contribution in [1.82, 2.24) is 20.0 Å². The van der Waals surface area contributed by atoms with Crippen LogP contribution < -0.4 is 11.1 Å². The molecule has 3 N–H and O–H groups in total. The average Bonchev–Trinajstić information content (AvgIpc) is 2.78. The maximum atomic E-state index is 12.4. The Hall–Kier alpha value is -1.81. The number of aromatic nitrogens is 2. The molecule has 1 aliphatic rings. The van der Waals surface area contributed by atoms with E-state index in [0.29, 0.717) is 31.0 Å². The zero-order chi connectivity index (χ0) is 16.2. The van der Waals surface area contributed by atoms with Gasteiger partial charge in [-0.15, -0.1) is 0 Å². The second kappa shape index (κ2) is 6.97. The highest BCUT2D eigenvalue weighted by Gasteiger charge is 2.31. The van der Waals surface area contributed by atoms with Gasteiger partial charge in [-0.25, -0.2) is 4.68 Å². The number of amides is 1. The number of halogens is 3. The van der Waals surface area contributed by atoms with Gasteiger partial charge in [0.2, 0.25) is 0 Å². The van der Waals surface area contributed by atoms with Crippen LogP contribution >= 0.6 is 0 Å². The first-order valence-corrected chi connectivity index (χ1v) is 6.83. The molecule has 1 aromatic heterocycles. The van der Waals surface area contributed by atoms with Crippen molar-refractivity contribution in [2.75, 3.05) is 45.1 Å². The maximum absolute atomic E-state index is 12.4. The van der Waals surface area contributed by atoms with Gasteiger partial charge >= 0.3 is 6.18 Å². The van der Waals surface area contributed by atoms with Gasteiger partial charge in [-0.3, -0.25) is 9.69 Å². The number of anilines is 1. The summed E-state index contributed by atoms with van der Waals surface area (Å²) in [5.41, 5.74) is 5.20. The Morgan fingerprint density at radius 2 is 2.09 bits per heavy atom. The van der Waals surface area contributed by atoms with E-state index >= 15 is 0 Å². The number of nitrogens with two attached hydrogens (primary N) is 1. The van der Waals surface area contributed by atoms with Gasteiger partial charge in [0, 0.05) is 26.2 Å². The monoisotopic (exact) mass is 321 g/mol. The fourth-order valence-corrected chi connectivity index (χ4v) is 2.17. The lowest BCUT2D eigenvalue weighted by atomic mass is 10.3. The van der Waals surface area contributed by atoms with Crippen LogP contribution in [0, 0.1) is 0 Å². The zero-order valence-electron chi connectivity index (χ0n) is 11.9. The molecule has 2 heterocycles. The van der Waals surface area contributed by atoms with Crippen LogP contribution in [0.4, 0.5) is 18.9 Å². The number of nitrogen functional groups attached to an aromatic ring is 1. The maximum Gasteiger partial charge on any atom is 0.408 e. The van der Waals surface area contributed by atoms with Gasteiger partial charge in [0.05, 0.1) is 25.1 Å². The van der Waals surface area contributed by atoms with Gasteiger partial charge in [-0.1, -0.05) is 0 Å². The Bertz CT molecular complexity index is 511. The van der Waals surface area contributed by atoms with Gasteiger partial charge in [0.25, 0.3) is 5.91 Å². The molecule has 1 amide bonds. The number of hydrogen-bond acceptors (Lipinski definition) is 5. The number of morpholine rings is 1. The molecule has 1 fully saturated rings. The van der Waals surface area contributed by atoms with Crippen LogP contribution in [0.2, 0.25) is 0 Å². The van der Waals surface area contributed by atoms with Gasteiger partial charge in [-0.2, -0.15) is 18.3 Å². The molecular weight excluding hydrogens is 303 g/mol. The zero-order valence-corrected chi connectivity index (χ0v) is 11.9. The first kappa shape index (κ1) is 16.6. The van der Waals surface area contributed by atoms with Crippen LogP contribution in [0.25, 0.3) is 0 Å². The summed E-state index contributed by atoms with van der Waals surface area (Å²) in [6.07, 6.45) is -3.43. The second-order valence-corrected chi connectivity index (χ2v) is 4.93. The highest BCUT2D eigenvalue weighted by atomic mass is 19.4. The van der Waals surface area contributed by atoms with Crippen molar-refractivity contribution >= 4 is 11.6 Å². The van der Waals surface area contributed by atoms with E-state index in [-0.39, 0.29) is 11.4 Å². The van der Waals surface area contributed by atoms with Crippen molar-refractivity contribution in [2.24, 2.45) is 0 Å². The predicted molar refractivity (Wildman–Crippen MR) is 72.3 cm³/mol. The van der Waals surface area contributed by atoms with Crippen LogP contribution in [0.15, 0.2) is 6.20 Å². The number of nitrogens with zero attached hydrogens (tertiary/aromatic N) is 3. The Morgan fingerprint density at radius 3 is 2.73 bits per heavy atom. The van der Waals surface area contributed by atoms with Gasteiger partial charge < -0.3 is 15.8 Å². The van der Waals surface area contributed by atoms with E-state index < -0.39 is 18.6 Å². The quantitative estimate of drug-likeness (QED) is 0.803. The molecule has 0 aliphatic carbocycles. The van der Waals surface area contributed by atoms with Crippen molar-refractivity contribution in [2.45, 2.75) is 12.7 Å². The third kappa shape index (κ3) is 4.60. The third-order valence-corrected chi connectivity index (χ3v) is 3.23. The molecule has 7 nitrogen and oxygen atoms in total. The van der Waals surface area contributed by atoms with E-state index in [4.69, 9.17) is 10.5 Å². The lowest BCUT2D eigenvalue weighted by Gasteiger charge is -2.26. The van der Waals surface area contributed by atoms with Crippen LogP contribution in [-0.4, -0.2) is 66.2 Å². The summed E-state index contributed by atoms with van der Waals surface area (Å²) in [4.78, 5) is 14.1. The number of rotatable bonds is 5. The number of alkyl halides is 3. The summed E-state index contributed by atoms with van der Waals surface area (Å²) in [7, 11) is 0. The Labute approximate surface area is 125 Å². The summed E-state index contributed by atoms with van der Waals surface area (Å²) in [6.45, 7) is 2.38. The number of ether oxygens (including phenoxy) is 1. The topological polar surface area (TPSA) is 85.4 Å².